The van der Waals surface area contributed by atoms with E-state index in [2.05, 4.69) is 32.3 Å². The first-order chi connectivity index (χ1) is 5.95. The number of hydrogen-bond donors (Lipinski definition) is 0. The lowest BCUT2D eigenvalue weighted by Crippen LogP contribution is -2.00. The molecule has 0 N–H and O–H groups in total. The fourth-order valence-corrected chi connectivity index (χ4v) is 1.48. The van der Waals surface area contributed by atoms with Crippen LogP contribution in [-0.2, 0) is 0 Å². The normalized spacial score (nSPS) is 10.2. The molecular weight excluding hydrogens is 158 g/mol. The van der Waals surface area contributed by atoms with E-state index in [4.69, 9.17) is 0 Å². The minimum atomic E-state index is 1.05. The van der Waals surface area contributed by atoms with Crippen LogP contribution in [0.4, 0.5) is 0 Å². The van der Waals surface area contributed by atoms with Crippen LogP contribution in [0.5, 0.6) is 0 Å². The highest BCUT2D eigenvalue weighted by molar-refractivity contribution is 5.63. The van der Waals surface area contributed by atoms with Gasteiger partial charge in [-0.1, -0.05) is 6.58 Å². The maximum Gasteiger partial charge on any atom is 0.0688 e. The first kappa shape index (κ1) is 9.97. The smallest absolute Gasteiger partial charge is 0.0688 e. The van der Waals surface area contributed by atoms with E-state index in [1.165, 1.54) is 16.7 Å². The van der Waals surface area contributed by atoms with Crippen LogP contribution in [0.3, 0.4) is 0 Å². The molecule has 1 heterocycles. The van der Waals surface area contributed by atoms with Crippen molar-refractivity contribution in [2.24, 2.45) is 0 Å². The Morgan fingerprint density at radius 2 is 1.54 bits per heavy atom. The topological polar surface area (TPSA) is 12.9 Å². The number of hydrogen-bond acceptors (Lipinski definition) is 1. The van der Waals surface area contributed by atoms with Gasteiger partial charge in [-0.05, 0) is 56.9 Å². The van der Waals surface area contributed by atoms with Gasteiger partial charge in [-0.15, -0.1) is 0 Å². The summed E-state index contributed by atoms with van der Waals surface area (Å²) < 4.78 is 0. The number of allylic oxidation sites excluding steroid dienone is 1. The predicted octanol–water partition coefficient (Wildman–Crippen LogP) is 3.35. The predicted molar refractivity (Wildman–Crippen MR) is 57.9 cm³/mol. The lowest BCUT2D eigenvalue weighted by Gasteiger charge is -2.12. The SMILES string of the molecule is C=C(C)c1nc(C)c(C)c(C)c1C. The number of rotatable bonds is 1. The number of aryl methyl sites for hydroxylation is 1. The molecule has 0 aliphatic rings. The first-order valence-electron chi connectivity index (χ1n) is 4.55. The molecule has 0 atom stereocenters. The maximum absolute atomic E-state index is 4.53. The lowest BCUT2D eigenvalue weighted by atomic mass is 9.99. The highest BCUT2D eigenvalue weighted by Crippen LogP contribution is 2.22. The summed E-state index contributed by atoms with van der Waals surface area (Å²) in [6.45, 7) is 14.4. The average molecular weight is 175 g/mol. The molecule has 1 rings (SSSR count). The second-order valence-corrected chi connectivity index (χ2v) is 3.70. The van der Waals surface area contributed by atoms with Crippen molar-refractivity contribution in [3.05, 3.63) is 34.7 Å². The van der Waals surface area contributed by atoms with E-state index in [-0.39, 0.29) is 0 Å². The van der Waals surface area contributed by atoms with Crippen molar-refractivity contribution >= 4 is 5.57 Å². The van der Waals surface area contributed by atoms with Crippen molar-refractivity contribution in [1.82, 2.24) is 4.98 Å². The van der Waals surface area contributed by atoms with Crippen molar-refractivity contribution in [3.63, 3.8) is 0 Å². The van der Waals surface area contributed by atoms with E-state index >= 15 is 0 Å². The number of nitrogens with zero attached hydrogens (tertiary/aromatic N) is 1. The molecule has 13 heavy (non-hydrogen) atoms. The highest BCUT2D eigenvalue weighted by Gasteiger charge is 2.08. The molecule has 0 aliphatic carbocycles. The molecule has 0 bridgehead atoms. The van der Waals surface area contributed by atoms with Gasteiger partial charge in [-0.3, -0.25) is 4.98 Å². The lowest BCUT2D eigenvalue weighted by molar-refractivity contribution is 1.06. The van der Waals surface area contributed by atoms with Gasteiger partial charge in [-0.2, -0.15) is 0 Å². The average Bonchev–Trinajstić information content (AvgIpc) is 2.07. The highest BCUT2D eigenvalue weighted by atomic mass is 14.7. The van der Waals surface area contributed by atoms with Crippen LogP contribution in [0.25, 0.3) is 5.57 Å². The summed E-state index contributed by atoms with van der Waals surface area (Å²) in [4.78, 5) is 4.53. The molecule has 70 valence electrons. The largest absolute Gasteiger partial charge is 0.253 e. The first-order valence-corrected chi connectivity index (χ1v) is 4.55. The Hall–Kier alpha value is -1.11. The number of aromatic nitrogens is 1. The van der Waals surface area contributed by atoms with E-state index in [9.17, 15) is 0 Å². The van der Waals surface area contributed by atoms with Gasteiger partial charge in [0.25, 0.3) is 0 Å². The van der Waals surface area contributed by atoms with Gasteiger partial charge in [-0.25, -0.2) is 0 Å². The molecule has 0 unspecified atom stereocenters. The summed E-state index contributed by atoms with van der Waals surface area (Å²) in [6.07, 6.45) is 0. The maximum atomic E-state index is 4.53. The molecular formula is C12H17N. The fourth-order valence-electron chi connectivity index (χ4n) is 1.48. The molecule has 1 aromatic heterocycles. The Morgan fingerprint density at radius 1 is 1.00 bits per heavy atom. The van der Waals surface area contributed by atoms with Crippen LogP contribution >= 0.6 is 0 Å². The van der Waals surface area contributed by atoms with Gasteiger partial charge in [0.2, 0.25) is 0 Å². The van der Waals surface area contributed by atoms with Crippen molar-refractivity contribution in [2.75, 3.05) is 0 Å². The van der Waals surface area contributed by atoms with E-state index < -0.39 is 0 Å². The Labute approximate surface area is 80.5 Å². The Bertz CT molecular complexity index is 362. The van der Waals surface area contributed by atoms with Crippen LogP contribution in [0.2, 0.25) is 0 Å². The van der Waals surface area contributed by atoms with Crippen molar-refractivity contribution in [1.29, 1.82) is 0 Å². The van der Waals surface area contributed by atoms with Crippen LogP contribution < -0.4 is 0 Å². The standard InChI is InChI=1S/C12H17N/c1-7(2)12-10(5)8(3)9(4)11(6)13-12/h1H2,2-6H3. The summed E-state index contributed by atoms with van der Waals surface area (Å²) >= 11 is 0. The molecule has 0 spiro atoms. The monoisotopic (exact) mass is 175 g/mol. The van der Waals surface area contributed by atoms with Crippen LogP contribution in [-0.4, -0.2) is 4.98 Å². The zero-order valence-corrected chi connectivity index (χ0v) is 9.15. The summed E-state index contributed by atoms with van der Waals surface area (Å²) in [7, 11) is 0. The van der Waals surface area contributed by atoms with Crippen molar-refractivity contribution in [3.8, 4) is 0 Å². The van der Waals surface area contributed by atoms with Crippen molar-refractivity contribution < 1.29 is 0 Å². The minimum Gasteiger partial charge on any atom is -0.253 e. The summed E-state index contributed by atoms with van der Waals surface area (Å²) in [5.41, 5.74) is 7.11. The second kappa shape index (κ2) is 3.33. The quantitative estimate of drug-likeness (QED) is 0.638. The third kappa shape index (κ3) is 1.64. The van der Waals surface area contributed by atoms with E-state index in [0.717, 1.165) is 17.0 Å². The molecule has 0 aliphatic heterocycles. The van der Waals surface area contributed by atoms with E-state index in [0.29, 0.717) is 0 Å². The van der Waals surface area contributed by atoms with E-state index in [1.807, 2.05) is 13.8 Å². The Balaban J connectivity index is 3.50. The van der Waals surface area contributed by atoms with E-state index in [1.54, 1.807) is 0 Å². The molecule has 0 saturated heterocycles. The van der Waals surface area contributed by atoms with Gasteiger partial charge in [0.05, 0.1) is 5.69 Å². The molecule has 0 radical (unpaired) electrons. The third-order valence-electron chi connectivity index (χ3n) is 2.71. The second-order valence-electron chi connectivity index (χ2n) is 3.70. The zero-order valence-electron chi connectivity index (χ0n) is 9.15. The van der Waals surface area contributed by atoms with Crippen molar-refractivity contribution in [2.45, 2.75) is 34.6 Å². The van der Waals surface area contributed by atoms with Crippen LogP contribution in [0.1, 0.15) is 35.0 Å². The Kier molecular flexibility index (Phi) is 2.55. The number of pyridine rings is 1. The van der Waals surface area contributed by atoms with Crippen LogP contribution in [0.15, 0.2) is 6.58 Å². The van der Waals surface area contributed by atoms with Gasteiger partial charge in [0.15, 0.2) is 0 Å². The van der Waals surface area contributed by atoms with Gasteiger partial charge in [0, 0.05) is 5.69 Å². The van der Waals surface area contributed by atoms with Gasteiger partial charge >= 0.3 is 0 Å². The van der Waals surface area contributed by atoms with Gasteiger partial charge < -0.3 is 0 Å². The molecule has 1 nitrogen and oxygen atoms in total. The Morgan fingerprint density at radius 3 is 2.00 bits per heavy atom. The zero-order chi connectivity index (χ0) is 10.2. The third-order valence-corrected chi connectivity index (χ3v) is 2.71. The molecule has 0 amide bonds. The molecule has 0 saturated carbocycles. The molecule has 1 aromatic rings. The van der Waals surface area contributed by atoms with Gasteiger partial charge in [0.1, 0.15) is 0 Å². The summed E-state index contributed by atoms with van der Waals surface area (Å²) in [5, 5.41) is 0. The summed E-state index contributed by atoms with van der Waals surface area (Å²) in [6, 6.07) is 0. The fraction of sp³-hybridized carbons (Fsp3) is 0.417. The molecule has 0 aromatic carbocycles. The van der Waals surface area contributed by atoms with Crippen LogP contribution in [0, 0.1) is 27.7 Å². The molecule has 1 heteroatoms. The summed E-state index contributed by atoms with van der Waals surface area (Å²) in [5.74, 6) is 0. The minimum absolute atomic E-state index is 1.05. The molecule has 0 fully saturated rings.